The summed E-state index contributed by atoms with van der Waals surface area (Å²) in [7, 11) is 0. The predicted molar refractivity (Wildman–Crippen MR) is 53.0 cm³/mol. The van der Waals surface area contributed by atoms with Gasteiger partial charge in [-0.25, -0.2) is 0 Å². The second kappa shape index (κ2) is 4.01. The normalized spacial score (nSPS) is 9.57. The molecule has 0 atom stereocenters. The highest BCUT2D eigenvalue weighted by Gasteiger charge is 2.10. The first-order valence-electron chi connectivity index (χ1n) is 4.41. The Morgan fingerprint density at radius 3 is 2.64 bits per heavy atom. The standard InChI is InChI=1S/C11H12N2O/c1-7-6-10(11(14)4-5-12)9(3)13-8(7)2/h6H,4H2,1-3H3. The van der Waals surface area contributed by atoms with Gasteiger partial charge in [-0.2, -0.15) is 5.26 Å². The van der Waals surface area contributed by atoms with Gasteiger partial charge in [0.25, 0.3) is 0 Å². The summed E-state index contributed by atoms with van der Waals surface area (Å²) in [6.45, 7) is 5.60. The van der Waals surface area contributed by atoms with Gasteiger partial charge >= 0.3 is 0 Å². The highest BCUT2D eigenvalue weighted by Crippen LogP contribution is 2.13. The summed E-state index contributed by atoms with van der Waals surface area (Å²) in [6.07, 6.45) is -0.0784. The van der Waals surface area contributed by atoms with Gasteiger partial charge in [0, 0.05) is 17.0 Å². The van der Waals surface area contributed by atoms with Gasteiger partial charge in [0.1, 0.15) is 0 Å². The molecule has 0 fully saturated rings. The van der Waals surface area contributed by atoms with Crippen LogP contribution in [-0.2, 0) is 0 Å². The van der Waals surface area contributed by atoms with Crippen LogP contribution >= 0.6 is 0 Å². The number of carbonyl (C=O) groups excluding carboxylic acids is 1. The molecule has 1 heterocycles. The maximum atomic E-state index is 11.5. The molecule has 0 saturated carbocycles. The third kappa shape index (κ3) is 1.97. The van der Waals surface area contributed by atoms with Gasteiger partial charge in [0.15, 0.2) is 5.78 Å². The van der Waals surface area contributed by atoms with Crippen molar-refractivity contribution in [3.8, 4) is 6.07 Å². The molecule has 0 aromatic carbocycles. The number of nitriles is 1. The zero-order chi connectivity index (χ0) is 10.7. The number of aromatic nitrogens is 1. The van der Waals surface area contributed by atoms with E-state index in [4.69, 9.17) is 5.26 Å². The van der Waals surface area contributed by atoms with E-state index in [1.54, 1.807) is 13.0 Å². The summed E-state index contributed by atoms with van der Waals surface area (Å²) in [5.74, 6) is -0.152. The van der Waals surface area contributed by atoms with E-state index in [0.717, 1.165) is 11.3 Å². The molecular weight excluding hydrogens is 176 g/mol. The molecule has 72 valence electrons. The van der Waals surface area contributed by atoms with Crippen LogP contribution in [0.15, 0.2) is 6.07 Å². The Balaban J connectivity index is 3.17. The van der Waals surface area contributed by atoms with E-state index in [1.165, 1.54) is 0 Å². The third-order valence-corrected chi connectivity index (χ3v) is 2.20. The quantitative estimate of drug-likeness (QED) is 0.668. The van der Waals surface area contributed by atoms with E-state index >= 15 is 0 Å². The first-order valence-corrected chi connectivity index (χ1v) is 4.41. The predicted octanol–water partition coefficient (Wildman–Crippen LogP) is 2.10. The van der Waals surface area contributed by atoms with Crippen molar-refractivity contribution in [3.05, 3.63) is 28.6 Å². The molecule has 0 amide bonds. The number of aryl methyl sites for hydroxylation is 3. The number of carbonyl (C=O) groups is 1. The highest BCUT2D eigenvalue weighted by atomic mass is 16.1. The van der Waals surface area contributed by atoms with E-state index in [2.05, 4.69) is 4.98 Å². The Morgan fingerprint density at radius 1 is 1.43 bits per heavy atom. The third-order valence-electron chi connectivity index (χ3n) is 2.20. The second-order valence-corrected chi connectivity index (χ2v) is 3.28. The molecule has 0 aliphatic heterocycles. The van der Waals surface area contributed by atoms with Crippen molar-refractivity contribution in [2.45, 2.75) is 27.2 Å². The summed E-state index contributed by atoms with van der Waals surface area (Å²) >= 11 is 0. The maximum Gasteiger partial charge on any atom is 0.178 e. The SMILES string of the molecule is Cc1cc(C(=O)CC#N)c(C)nc1C. The lowest BCUT2D eigenvalue weighted by Gasteiger charge is -2.05. The summed E-state index contributed by atoms with van der Waals surface area (Å²) < 4.78 is 0. The smallest absolute Gasteiger partial charge is 0.178 e. The summed E-state index contributed by atoms with van der Waals surface area (Å²) in [6, 6.07) is 3.65. The zero-order valence-corrected chi connectivity index (χ0v) is 8.59. The fourth-order valence-electron chi connectivity index (χ4n) is 1.27. The van der Waals surface area contributed by atoms with Gasteiger partial charge in [-0.15, -0.1) is 0 Å². The van der Waals surface area contributed by atoms with Gasteiger partial charge in [0.2, 0.25) is 0 Å². The van der Waals surface area contributed by atoms with Gasteiger partial charge in [-0.3, -0.25) is 9.78 Å². The van der Waals surface area contributed by atoms with E-state index in [-0.39, 0.29) is 12.2 Å². The van der Waals surface area contributed by atoms with E-state index in [1.807, 2.05) is 19.9 Å². The first kappa shape index (κ1) is 10.4. The first-order chi connectivity index (χ1) is 6.56. The van der Waals surface area contributed by atoms with Crippen LogP contribution in [0.4, 0.5) is 0 Å². The minimum absolute atomic E-state index is 0.0784. The van der Waals surface area contributed by atoms with Crippen molar-refractivity contribution in [1.82, 2.24) is 4.98 Å². The molecular formula is C11H12N2O. The molecule has 0 spiro atoms. The Morgan fingerprint density at radius 2 is 2.07 bits per heavy atom. The van der Waals surface area contributed by atoms with Crippen molar-refractivity contribution in [3.63, 3.8) is 0 Å². The number of hydrogen-bond donors (Lipinski definition) is 0. The number of Topliss-reactive ketones (excluding diaryl/α,β-unsaturated/α-hetero) is 1. The van der Waals surface area contributed by atoms with Crippen molar-refractivity contribution in [2.75, 3.05) is 0 Å². The lowest BCUT2D eigenvalue weighted by Crippen LogP contribution is -2.04. The van der Waals surface area contributed by atoms with Crippen molar-refractivity contribution in [2.24, 2.45) is 0 Å². The number of ketones is 1. The van der Waals surface area contributed by atoms with Crippen LogP contribution in [0, 0.1) is 32.1 Å². The molecule has 0 aliphatic carbocycles. The number of nitrogens with zero attached hydrogens (tertiary/aromatic N) is 2. The zero-order valence-electron chi connectivity index (χ0n) is 8.59. The van der Waals surface area contributed by atoms with E-state index < -0.39 is 0 Å². The summed E-state index contributed by atoms with van der Waals surface area (Å²) in [5.41, 5.74) is 3.18. The van der Waals surface area contributed by atoms with Crippen LogP contribution in [0.5, 0.6) is 0 Å². The number of pyridine rings is 1. The lowest BCUT2D eigenvalue weighted by molar-refractivity contribution is 0.0996. The molecule has 1 rings (SSSR count). The minimum atomic E-state index is -0.152. The lowest BCUT2D eigenvalue weighted by atomic mass is 10.0. The molecule has 0 N–H and O–H groups in total. The van der Waals surface area contributed by atoms with Crippen molar-refractivity contribution < 1.29 is 4.79 Å². The van der Waals surface area contributed by atoms with Crippen LogP contribution in [0.1, 0.15) is 33.7 Å². The molecule has 0 aliphatic rings. The van der Waals surface area contributed by atoms with Crippen molar-refractivity contribution >= 4 is 5.78 Å². The van der Waals surface area contributed by atoms with Crippen LogP contribution in [0.3, 0.4) is 0 Å². The Labute approximate surface area is 83.4 Å². The average Bonchev–Trinajstić information content (AvgIpc) is 2.11. The highest BCUT2D eigenvalue weighted by molar-refractivity contribution is 5.98. The number of hydrogen-bond acceptors (Lipinski definition) is 3. The maximum absolute atomic E-state index is 11.5. The number of rotatable bonds is 2. The fourth-order valence-corrected chi connectivity index (χ4v) is 1.27. The summed E-state index contributed by atoms with van der Waals surface area (Å²) in [5, 5.41) is 8.42. The molecule has 1 aromatic rings. The molecule has 0 radical (unpaired) electrons. The van der Waals surface area contributed by atoms with Gasteiger partial charge in [-0.05, 0) is 32.4 Å². The van der Waals surface area contributed by atoms with Crippen LogP contribution in [0.25, 0.3) is 0 Å². The topological polar surface area (TPSA) is 53.8 Å². The average molecular weight is 188 g/mol. The van der Waals surface area contributed by atoms with Gasteiger partial charge in [0.05, 0.1) is 12.5 Å². The Kier molecular flexibility index (Phi) is 2.98. The molecule has 0 unspecified atom stereocenters. The molecule has 3 nitrogen and oxygen atoms in total. The van der Waals surface area contributed by atoms with Crippen LogP contribution in [0.2, 0.25) is 0 Å². The minimum Gasteiger partial charge on any atom is -0.293 e. The molecule has 3 heteroatoms. The largest absolute Gasteiger partial charge is 0.293 e. The second-order valence-electron chi connectivity index (χ2n) is 3.28. The van der Waals surface area contributed by atoms with Crippen LogP contribution in [-0.4, -0.2) is 10.8 Å². The molecule has 0 bridgehead atoms. The molecule has 14 heavy (non-hydrogen) atoms. The molecule has 1 aromatic heterocycles. The molecule has 0 saturated heterocycles. The monoisotopic (exact) mass is 188 g/mol. The van der Waals surface area contributed by atoms with Gasteiger partial charge < -0.3 is 0 Å². The fraction of sp³-hybridized carbons (Fsp3) is 0.364. The van der Waals surface area contributed by atoms with E-state index in [0.29, 0.717) is 11.3 Å². The van der Waals surface area contributed by atoms with Crippen LogP contribution < -0.4 is 0 Å². The summed E-state index contributed by atoms with van der Waals surface area (Å²) in [4.78, 5) is 15.7. The van der Waals surface area contributed by atoms with E-state index in [9.17, 15) is 4.79 Å². The van der Waals surface area contributed by atoms with Gasteiger partial charge in [-0.1, -0.05) is 0 Å². The van der Waals surface area contributed by atoms with Crippen molar-refractivity contribution in [1.29, 1.82) is 5.26 Å². The Hall–Kier alpha value is -1.69. The Bertz CT molecular complexity index is 416.